The third-order valence-corrected chi connectivity index (χ3v) is 4.60. The molecule has 1 aliphatic heterocycles. The largest absolute Gasteiger partial charge is 0.309 e. The van der Waals surface area contributed by atoms with E-state index in [9.17, 15) is 0 Å². The Bertz CT molecular complexity index is 433. The van der Waals surface area contributed by atoms with Crippen molar-refractivity contribution in [2.24, 2.45) is 0 Å². The molecule has 1 aromatic rings. The highest BCUT2D eigenvalue weighted by Gasteiger charge is 2.20. The summed E-state index contributed by atoms with van der Waals surface area (Å²) in [6.45, 7) is 11.0. The van der Waals surface area contributed by atoms with Crippen LogP contribution in [0.4, 0.5) is 0 Å². The summed E-state index contributed by atoms with van der Waals surface area (Å²) in [7, 11) is 2.25. The van der Waals surface area contributed by atoms with Crippen molar-refractivity contribution in [1.82, 2.24) is 15.2 Å². The molecule has 0 aliphatic carbocycles. The van der Waals surface area contributed by atoms with E-state index in [1.165, 1.54) is 42.6 Å². The molecule has 1 aromatic heterocycles. The molecule has 3 heteroatoms. The third-order valence-electron chi connectivity index (χ3n) is 4.60. The first-order valence-corrected chi connectivity index (χ1v) is 7.87. The van der Waals surface area contributed by atoms with Crippen molar-refractivity contribution in [3.63, 3.8) is 0 Å². The highest BCUT2D eigenvalue weighted by Crippen LogP contribution is 2.22. The van der Waals surface area contributed by atoms with Gasteiger partial charge in [0.15, 0.2) is 0 Å². The Balaban J connectivity index is 1.99. The van der Waals surface area contributed by atoms with Gasteiger partial charge >= 0.3 is 0 Å². The van der Waals surface area contributed by atoms with Gasteiger partial charge in [0, 0.05) is 30.0 Å². The fourth-order valence-electron chi connectivity index (χ4n) is 3.51. The van der Waals surface area contributed by atoms with Crippen molar-refractivity contribution in [2.45, 2.75) is 59.0 Å². The van der Waals surface area contributed by atoms with Gasteiger partial charge in [-0.2, -0.15) is 0 Å². The van der Waals surface area contributed by atoms with E-state index in [-0.39, 0.29) is 0 Å². The summed E-state index contributed by atoms with van der Waals surface area (Å²) in [4.78, 5) is 7.11. The Morgan fingerprint density at radius 2 is 2.10 bits per heavy atom. The first kappa shape index (κ1) is 15.5. The van der Waals surface area contributed by atoms with Gasteiger partial charge in [-0.3, -0.25) is 4.98 Å². The highest BCUT2D eigenvalue weighted by molar-refractivity contribution is 5.33. The molecule has 0 radical (unpaired) electrons. The monoisotopic (exact) mass is 275 g/mol. The van der Waals surface area contributed by atoms with Crippen LogP contribution in [0.3, 0.4) is 0 Å². The molecule has 1 aliphatic rings. The molecule has 2 rings (SSSR count). The lowest BCUT2D eigenvalue weighted by Crippen LogP contribution is -2.43. The minimum absolute atomic E-state index is 0.374. The number of nitrogens with one attached hydrogen (secondary N) is 1. The van der Waals surface area contributed by atoms with Gasteiger partial charge in [-0.25, -0.2) is 0 Å². The number of nitrogens with zero attached hydrogens (tertiary/aromatic N) is 2. The lowest BCUT2D eigenvalue weighted by molar-refractivity contribution is 0.178. The Morgan fingerprint density at radius 3 is 2.75 bits per heavy atom. The van der Waals surface area contributed by atoms with E-state index >= 15 is 0 Å². The molecular weight excluding hydrogens is 246 g/mol. The summed E-state index contributed by atoms with van der Waals surface area (Å²) in [6.07, 6.45) is 4.04. The Hall–Kier alpha value is -0.930. The Kier molecular flexibility index (Phi) is 5.17. The van der Waals surface area contributed by atoms with E-state index in [4.69, 9.17) is 0 Å². The molecule has 1 saturated heterocycles. The van der Waals surface area contributed by atoms with E-state index in [1.54, 1.807) is 0 Å². The summed E-state index contributed by atoms with van der Waals surface area (Å²) >= 11 is 0. The molecule has 2 atom stereocenters. The Labute approximate surface area is 123 Å². The quantitative estimate of drug-likeness (QED) is 0.915. The van der Waals surface area contributed by atoms with E-state index < -0.39 is 0 Å². The van der Waals surface area contributed by atoms with Gasteiger partial charge in [0.1, 0.15) is 0 Å². The molecule has 0 aromatic carbocycles. The molecule has 3 nitrogen and oxygen atoms in total. The molecule has 0 saturated carbocycles. The van der Waals surface area contributed by atoms with Crippen LogP contribution in [0.1, 0.15) is 54.7 Å². The number of likely N-dealkylation sites (tertiary alicyclic amines) is 1. The van der Waals surface area contributed by atoms with Crippen LogP contribution in [0, 0.1) is 20.8 Å². The van der Waals surface area contributed by atoms with Crippen molar-refractivity contribution in [3.05, 3.63) is 28.6 Å². The average molecular weight is 275 g/mol. The zero-order valence-corrected chi connectivity index (χ0v) is 13.7. The Morgan fingerprint density at radius 1 is 1.35 bits per heavy atom. The molecule has 1 N–H and O–H groups in total. The van der Waals surface area contributed by atoms with Gasteiger partial charge in [0.05, 0.1) is 0 Å². The number of aryl methyl sites for hydroxylation is 3. The maximum Gasteiger partial charge on any atom is 0.0426 e. The SMILES string of the molecule is Cc1cc(C)c(C(C)NCC2CCCCN2C)c(C)n1. The smallest absolute Gasteiger partial charge is 0.0426 e. The zero-order chi connectivity index (χ0) is 14.7. The molecule has 1 fully saturated rings. The van der Waals surface area contributed by atoms with Crippen LogP contribution in [0.15, 0.2) is 6.07 Å². The van der Waals surface area contributed by atoms with Crippen molar-refractivity contribution in [2.75, 3.05) is 20.1 Å². The number of piperidine rings is 1. The fourth-order valence-corrected chi connectivity index (χ4v) is 3.51. The molecule has 0 spiro atoms. The molecular formula is C17H29N3. The summed E-state index contributed by atoms with van der Waals surface area (Å²) in [5, 5.41) is 3.72. The summed E-state index contributed by atoms with van der Waals surface area (Å²) in [5.41, 5.74) is 5.00. The average Bonchev–Trinajstić information content (AvgIpc) is 2.36. The van der Waals surface area contributed by atoms with Crippen LogP contribution in [0.2, 0.25) is 0 Å². The third kappa shape index (κ3) is 3.58. The standard InChI is InChI=1S/C17H29N3/c1-12-10-13(2)19-15(4)17(12)14(3)18-11-16-8-6-7-9-20(16)5/h10,14,16,18H,6-9,11H2,1-5H3. The van der Waals surface area contributed by atoms with Crippen LogP contribution in [-0.4, -0.2) is 36.1 Å². The fraction of sp³-hybridized carbons (Fsp3) is 0.706. The number of likely N-dealkylation sites (N-methyl/N-ethyl adjacent to an activating group) is 1. The number of hydrogen-bond acceptors (Lipinski definition) is 3. The van der Waals surface area contributed by atoms with Gasteiger partial charge in [-0.15, -0.1) is 0 Å². The molecule has 0 amide bonds. The second-order valence-electron chi connectivity index (χ2n) is 6.34. The van der Waals surface area contributed by atoms with E-state index in [1.807, 2.05) is 0 Å². The molecule has 112 valence electrons. The topological polar surface area (TPSA) is 28.2 Å². The van der Waals surface area contributed by atoms with Gasteiger partial charge in [-0.05, 0) is 71.3 Å². The first-order chi connectivity index (χ1) is 9.49. The number of pyridine rings is 1. The lowest BCUT2D eigenvalue weighted by Gasteiger charge is -2.33. The summed E-state index contributed by atoms with van der Waals surface area (Å²) in [5.74, 6) is 0. The first-order valence-electron chi connectivity index (χ1n) is 7.87. The zero-order valence-electron chi connectivity index (χ0n) is 13.7. The normalized spacial score (nSPS) is 21.9. The van der Waals surface area contributed by atoms with E-state index in [2.05, 4.69) is 56.0 Å². The number of hydrogen-bond donors (Lipinski definition) is 1. The minimum atomic E-state index is 0.374. The van der Waals surface area contributed by atoms with Crippen LogP contribution in [0.25, 0.3) is 0 Å². The minimum Gasteiger partial charge on any atom is -0.309 e. The van der Waals surface area contributed by atoms with Crippen LogP contribution in [0.5, 0.6) is 0 Å². The van der Waals surface area contributed by atoms with Crippen molar-refractivity contribution in [3.8, 4) is 0 Å². The molecule has 2 heterocycles. The number of rotatable bonds is 4. The lowest BCUT2D eigenvalue weighted by atomic mass is 9.99. The maximum absolute atomic E-state index is 4.61. The number of aromatic nitrogens is 1. The van der Waals surface area contributed by atoms with E-state index in [0.717, 1.165) is 12.2 Å². The van der Waals surface area contributed by atoms with E-state index in [0.29, 0.717) is 12.1 Å². The van der Waals surface area contributed by atoms with Gasteiger partial charge < -0.3 is 10.2 Å². The summed E-state index contributed by atoms with van der Waals surface area (Å²) < 4.78 is 0. The predicted molar refractivity (Wildman–Crippen MR) is 85.1 cm³/mol. The van der Waals surface area contributed by atoms with Crippen LogP contribution in [-0.2, 0) is 0 Å². The van der Waals surface area contributed by atoms with Gasteiger partial charge in [0.25, 0.3) is 0 Å². The van der Waals surface area contributed by atoms with Gasteiger partial charge in [0.2, 0.25) is 0 Å². The second-order valence-corrected chi connectivity index (χ2v) is 6.34. The maximum atomic E-state index is 4.61. The second kappa shape index (κ2) is 6.68. The molecule has 20 heavy (non-hydrogen) atoms. The summed E-state index contributed by atoms with van der Waals surface area (Å²) in [6, 6.07) is 3.25. The van der Waals surface area contributed by atoms with Crippen molar-refractivity contribution < 1.29 is 0 Å². The van der Waals surface area contributed by atoms with Gasteiger partial charge in [-0.1, -0.05) is 6.42 Å². The molecule has 2 unspecified atom stereocenters. The van der Waals surface area contributed by atoms with Crippen LogP contribution >= 0.6 is 0 Å². The van der Waals surface area contributed by atoms with Crippen molar-refractivity contribution >= 4 is 0 Å². The predicted octanol–water partition coefficient (Wildman–Crippen LogP) is 3.14. The van der Waals surface area contributed by atoms with Crippen LogP contribution < -0.4 is 5.32 Å². The highest BCUT2D eigenvalue weighted by atomic mass is 15.2. The van der Waals surface area contributed by atoms with Crippen molar-refractivity contribution in [1.29, 1.82) is 0 Å². The molecule has 0 bridgehead atoms.